The quantitative estimate of drug-likeness (QED) is 0.776. The predicted octanol–water partition coefficient (Wildman–Crippen LogP) is 2.76. The fourth-order valence-electron chi connectivity index (χ4n) is 1.80. The number of carbonyl (C=O) groups excluding carboxylic acids is 1. The Hall–Kier alpha value is -2.36. The van der Waals surface area contributed by atoms with E-state index in [0.717, 1.165) is 5.56 Å². The molecule has 1 atom stereocenters. The summed E-state index contributed by atoms with van der Waals surface area (Å²) in [5.74, 6) is -0.614. The van der Waals surface area contributed by atoms with Crippen molar-refractivity contribution in [2.45, 2.75) is 12.8 Å². The standard InChI is InChI=1S/C16H14BrN3O2/c17-14-8-13(7-6-12(14)9-18)20-16(15(19)21)22-10-11-4-2-1-3-5-11/h1-8,16,20H,10H2,(H2,19,21)/t16-/m1/s1. The van der Waals surface area contributed by atoms with E-state index in [4.69, 9.17) is 15.7 Å². The highest BCUT2D eigenvalue weighted by atomic mass is 79.9. The van der Waals surface area contributed by atoms with E-state index < -0.39 is 12.1 Å². The number of halogens is 1. The molecule has 0 saturated carbocycles. The Morgan fingerprint density at radius 1 is 1.32 bits per heavy atom. The minimum Gasteiger partial charge on any atom is -0.366 e. The van der Waals surface area contributed by atoms with E-state index in [9.17, 15) is 4.79 Å². The van der Waals surface area contributed by atoms with Crippen molar-refractivity contribution in [1.82, 2.24) is 0 Å². The van der Waals surface area contributed by atoms with Gasteiger partial charge in [0.1, 0.15) is 6.07 Å². The molecule has 0 aromatic heterocycles. The van der Waals surface area contributed by atoms with Crippen LogP contribution in [0, 0.1) is 11.3 Å². The second-order valence-corrected chi connectivity index (χ2v) is 5.38. The van der Waals surface area contributed by atoms with Crippen LogP contribution in [0.1, 0.15) is 11.1 Å². The fraction of sp³-hybridized carbons (Fsp3) is 0.125. The lowest BCUT2D eigenvalue weighted by atomic mass is 10.2. The van der Waals surface area contributed by atoms with Crippen molar-refractivity contribution >= 4 is 27.5 Å². The maximum Gasteiger partial charge on any atom is 0.267 e. The summed E-state index contributed by atoms with van der Waals surface area (Å²) < 4.78 is 6.15. The molecule has 3 N–H and O–H groups in total. The Labute approximate surface area is 136 Å². The normalized spacial score (nSPS) is 11.5. The first-order valence-corrected chi connectivity index (χ1v) is 7.30. The van der Waals surface area contributed by atoms with Gasteiger partial charge in [-0.15, -0.1) is 0 Å². The van der Waals surface area contributed by atoms with Crippen molar-refractivity contribution in [1.29, 1.82) is 5.26 Å². The molecule has 0 radical (unpaired) electrons. The second kappa shape index (κ2) is 7.59. The summed E-state index contributed by atoms with van der Waals surface area (Å²) in [5, 5.41) is 11.8. The summed E-state index contributed by atoms with van der Waals surface area (Å²) in [5.41, 5.74) is 7.43. The summed E-state index contributed by atoms with van der Waals surface area (Å²) in [6, 6.07) is 16.6. The minimum atomic E-state index is -0.958. The number of rotatable bonds is 6. The van der Waals surface area contributed by atoms with Crippen LogP contribution in [0.3, 0.4) is 0 Å². The third-order valence-electron chi connectivity index (χ3n) is 2.91. The van der Waals surface area contributed by atoms with Crippen LogP contribution in [0.25, 0.3) is 0 Å². The molecule has 1 amide bonds. The number of ether oxygens (including phenoxy) is 1. The van der Waals surface area contributed by atoms with Gasteiger partial charge < -0.3 is 15.8 Å². The van der Waals surface area contributed by atoms with Crippen LogP contribution < -0.4 is 11.1 Å². The molecule has 2 rings (SSSR count). The molecular weight excluding hydrogens is 346 g/mol. The largest absolute Gasteiger partial charge is 0.366 e. The zero-order valence-corrected chi connectivity index (χ0v) is 13.2. The maximum absolute atomic E-state index is 11.5. The highest BCUT2D eigenvalue weighted by Gasteiger charge is 2.16. The Morgan fingerprint density at radius 3 is 2.64 bits per heavy atom. The number of amides is 1. The predicted molar refractivity (Wildman–Crippen MR) is 86.7 cm³/mol. The lowest BCUT2D eigenvalue weighted by Gasteiger charge is -2.18. The number of benzene rings is 2. The Balaban J connectivity index is 2.04. The lowest BCUT2D eigenvalue weighted by Crippen LogP contribution is -2.37. The highest BCUT2D eigenvalue weighted by molar-refractivity contribution is 9.10. The van der Waals surface area contributed by atoms with E-state index >= 15 is 0 Å². The molecule has 0 spiro atoms. The topological polar surface area (TPSA) is 88.1 Å². The van der Waals surface area contributed by atoms with Gasteiger partial charge in [0.25, 0.3) is 5.91 Å². The molecule has 0 aliphatic heterocycles. The third-order valence-corrected chi connectivity index (χ3v) is 3.56. The SMILES string of the molecule is N#Cc1ccc(N[C@H](OCc2ccccc2)C(N)=O)cc1Br. The molecule has 2 aromatic rings. The molecule has 112 valence electrons. The first-order chi connectivity index (χ1) is 10.6. The highest BCUT2D eigenvalue weighted by Crippen LogP contribution is 2.21. The van der Waals surface area contributed by atoms with Crippen LogP contribution in [0.5, 0.6) is 0 Å². The number of nitrogens with one attached hydrogen (secondary N) is 1. The summed E-state index contributed by atoms with van der Waals surface area (Å²) in [7, 11) is 0. The average Bonchev–Trinajstić information content (AvgIpc) is 2.52. The van der Waals surface area contributed by atoms with Crippen LogP contribution in [0.2, 0.25) is 0 Å². The smallest absolute Gasteiger partial charge is 0.267 e. The molecule has 0 aliphatic carbocycles. The monoisotopic (exact) mass is 359 g/mol. The molecule has 0 aliphatic rings. The van der Waals surface area contributed by atoms with Crippen LogP contribution in [0.4, 0.5) is 5.69 Å². The van der Waals surface area contributed by atoms with Gasteiger partial charge in [0.2, 0.25) is 6.23 Å². The summed E-state index contributed by atoms with van der Waals surface area (Å²) in [4.78, 5) is 11.5. The van der Waals surface area contributed by atoms with E-state index in [-0.39, 0.29) is 6.61 Å². The van der Waals surface area contributed by atoms with Gasteiger partial charge in [-0.05, 0) is 39.7 Å². The van der Waals surface area contributed by atoms with Crippen LogP contribution in [0.15, 0.2) is 53.0 Å². The zero-order valence-electron chi connectivity index (χ0n) is 11.6. The first kappa shape index (κ1) is 16.0. The van der Waals surface area contributed by atoms with Gasteiger partial charge in [-0.2, -0.15) is 5.26 Å². The van der Waals surface area contributed by atoms with Gasteiger partial charge in [0.15, 0.2) is 0 Å². The molecular formula is C16H14BrN3O2. The van der Waals surface area contributed by atoms with Crippen LogP contribution in [-0.4, -0.2) is 12.1 Å². The first-order valence-electron chi connectivity index (χ1n) is 6.51. The van der Waals surface area contributed by atoms with Gasteiger partial charge in [-0.25, -0.2) is 0 Å². The molecule has 2 aromatic carbocycles. The van der Waals surface area contributed by atoms with Gasteiger partial charge >= 0.3 is 0 Å². The van der Waals surface area contributed by atoms with E-state index in [0.29, 0.717) is 15.7 Å². The summed E-state index contributed by atoms with van der Waals surface area (Å²) >= 11 is 3.29. The molecule has 22 heavy (non-hydrogen) atoms. The number of hydrogen-bond donors (Lipinski definition) is 2. The van der Waals surface area contributed by atoms with E-state index in [2.05, 4.69) is 21.2 Å². The lowest BCUT2D eigenvalue weighted by molar-refractivity contribution is -0.128. The number of primary amides is 1. The zero-order chi connectivity index (χ0) is 15.9. The van der Waals surface area contributed by atoms with Gasteiger partial charge in [0, 0.05) is 10.2 Å². The maximum atomic E-state index is 11.5. The average molecular weight is 360 g/mol. The van der Waals surface area contributed by atoms with Crippen molar-refractivity contribution in [3.63, 3.8) is 0 Å². The fourth-order valence-corrected chi connectivity index (χ4v) is 2.26. The van der Waals surface area contributed by atoms with Crippen molar-refractivity contribution in [2.24, 2.45) is 5.73 Å². The van der Waals surface area contributed by atoms with Crippen molar-refractivity contribution in [3.05, 3.63) is 64.1 Å². The number of nitrogens with zero attached hydrogens (tertiary/aromatic N) is 1. The minimum absolute atomic E-state index is 0.263. The van der Waals surface area contributed by atoms with Gasteiger partial charge in [0.05, 0.1) is 12.2 Å². The second-order valence-electron chi connectivity index (χ2n) is 4.53. The third kappa shape index (κ3) is 4.32. The summed E-state index contributed by atoms with van der Waals surface area (Å²) in [6.45, 7) is 0.263. The number of anilines is 1. The molecule has 0 unspecified atom stereocenters. The Kier molecular flexibility index (Phi) is 5.53. The van der Waals surface area contributed by atoms with E-state index in [1.807, 2.05) is 36.4 Å². The number of nitriles is 1. The van der Waals surface area contributed by atoms with Crippen molar-refractivity contribution in [3.8, 4) is 6.07 Å². The van der Waals surface area contributed by atoms with Gasteiger partial charge in [-0.1, -0.05) is 30.3 Å². The number of hydrogen-bond acceptors (Lipinski definition) is 4. The molecule has 5 nitrogen and oxygen atoms in total. The number of nitrogens with two attached hydrogens (primary N) is 1. The van der Waals surface area contributed by atoms with E-state index in [1.165, 1.54) is 0 Å². The number of carbonyl (C=O) groups is 1. The van der Waals surface area contributed by atoms with Crippen molar-refractivity contribution < 1.29 is 9.53 Å². The van der Waals surface area contributed by atoms with Crippen LogP contribution >= 0.6 is 15.9 Å². The van der Waals surface area contributed by atoms with E-state index in [1.54, 1.807) is 18.2 Å². The summed E-state index contributed by atoms with van der Waals surface area (Å²) in [6.07, 6.45) is -0.958. The Bertz CT molecular complexity index is 698. The molecule has 0 fully saturated rings. The molecule has 0 bridgehead atoms. The molecule has 0 saturated heterocycles. The van der Waals surface area contributed by atoms with Crippen LogP contribution in [-0.2, 0) is 16.1 Å². The molecule has 0 heterocycles. The molecule has 6 heteroatoms. The van der Waals surface area contributed by atoms with Crippen molar-refractivity contribution in [2.75, 3.05) is 5.32 Å². The Morgan fingerprint density at radius 2 is 2.05 bits per heavy atom. The van der Waals surface area contributed by atoms with Gasteiger partial charge in [-0.3, -0.25) is 4.79 Å².